The lowest BCUT2D eigenvalue weighted by molar-refractivity contribution is 0.567. The molecule has 3 aromatic rings. The van der Waals surface area contributed by atoms with Crippen molar-refractivity contribution < 1.29 is 17.6 Å². The van der Waals surface area contributed by atoms with Crippen molar-refractivity contribution in [2.45, 2.75) is 13.8 Å². The summed E-state index contributed by atoms with van der Waals surface area (Å²) in [6.07, 6.45) is 0. The first-order valence-electron chi connectivity index (χ1n) is 8.39. The highest BCUT2D eigenvalue weighted by atomic mass is 19.1. The van der Waals surface area contributed by atoms with E-state index in [2.05, 4.69) is 23.7 Å². The van der Waals surface area contributed by atoms with Gasteiger partial charge < -0.3 is 0 Å². The average molecular weight is 378 g/mol. The zero-order chi connectivity index (χ0) is 20.3. The van der Waals surface area contributed by atoms with Crippen molar-refractivity contribution in [2.75, 3.05) is 0 Å². The number of rotatable bonds is 0. The van der Waals surface area contributed by atoms with Crippen LogP contribution in [0.5, 0.6) is 0 Å². The first kappa shape index (κ1) is 19.3. The molecule has 0 fully saturated rings. The van der Waals surface area contributed by atoms with E-state index >= 15 is 0 Å². The molecule has 0 aliphatic rings. The van der Waals surface area contributed by atoms with Crippen molar-refractivity contribution in [3.05, 3.63) is 105 Å². The van der Waals surface area contributed by atoms with Crippen molar-refractivity contribution >= 4 is 0 Å². The van der Waals surface area contributed by atoms with Gasteiger partial charge in [0, 0.05) is 16.7 Å². The molecule has 3 aromatic carbocycles. The maximum atomic E-state index is 14.2. The van der Waals surface area contributed by atoms with Gasteiger partial charge in [-0.15, -0.1) is 0 Å². The number of benzene rings is 3. The lowest BCUT2D eigenvalue weighted by atomic mass is 10.1. The molecule has 3 rings (SSSR count). The molecule has 0 nitrogen and oxygen atoms in total. The fourth-order valence-corrected chi connectivity index (χ4v) is 2.41. The van der Waals surface area contributed by atoms with E-state index in [0.29, 0.717) is 5.56 Å². The third kappa shape index (κ3) is 4.42. The molecule has 0 saturated heterocycles. The normalized spacial score (nSPS) is 9.93. The maximum absolute atomic E-state index is 14.2. The number of hydrogen-bond donors (Lipinski definition) is 0. The van der Waals surface area contributed by atoms with Crippen LogP contribution in [0.25, 0.3) is 0 Å². The first-order valence-corrected chi connectivity index (χ1v) is 8.39. The van der Waals surface area contributed by atoms with E-state index in [0.717, 1.165) is 17.7 Å². The van der Waals surface area contributed by atoms with Gasteiger partial charge in [0.1, 0.15) is 23.3 Å². The van der Waals surface area contributed by atoms with Crippen molar-refractivity contribution in [3.63, 3.8) is 0 Å². The molecule has 138 valence electrons. The summed E-state index contributed by atoms with van der Waals surface area (Å²) < 4.78 is 55.1. The van der Waals surface area contributed by atoms with E-state index < -0.39 is 23.3 Å². The van der Waals surface area contributed by atoms with Crippen molar-refractivity contribution in [1.29, 1.82) is 0 Å². The lowest BCUT2D eigenvalue weighted by Gasteiger charge is -1.99. The summed E-state index contributed by atoms with van der Waals surface area (Å²) >= 11 is 0. The smallest absolute Gasteiger partial charge is 0.140 e. The highest BCUT2D eigenvalue weighted by molar-refractivity contribution is 5.49. The van der Waals surface area contributed by atoms with Crippen LogP contribution in [0.3, 0.4) is 0 Å². The molecule has 0 aliphatic heterocycles. The Labute approximate surface area is 160 Å². The van der Waals surface area contributed by atoms with Gasteiger partial charge in [0.15, 0.2) is 0 Å². The molecule has 0 atom stereocenters. The SMILES string of the molecule is Cc1ccc(C#Cc2ccc(C#Cc3cc(F)c(C)c(F)c3)c(F)c2)c(F)c1. The molecule has 0 amide bonds. The van der Waals surface area contributed by atoms with E-state index in [9.17, 15) is 17.6 Å². The van der Waals surface area contributed by atoms with E-state index in [1.165, 1.54) is 25.1 Å². The van der Waals surface area contributed by atoms with Crippen LogP contribution in [0.2, 0.25) is 0 Å². The molecule has 0 saturated carbocycles. The fourth-order valence-electron chi connectivity index (χ4n) is 2.41. The van der Waals surface area contributed by atoms with Crippen LogP contribution in [0.4, 0.5) is 17.6 Å². The van der Waals surface area contributed by atoms with Crippen molar-refractivity contribution in [2.24, 2.45) is 0 Å². The van der Waals surface area contributed by atoms with Gasteiger partial charge in [-0.3, -0.25) is 0 Å². The molecule has 0 spiro atoms. The first-order chi connectivity index (χ1) is 13.3. The quantitative estimate of drug-likeness (QED) is 0.350. The minimum atomic E-state index is -0.710. The van der Waals surface area contributed by atoms with Crippen molar-refractivity contribution in [1.82, 2.24) is 0 Å². The summed E-state index contributed by atoms with van der Waals surface area (Å²) in [6, 6.07) is 11.0. The van der Waals surface area contributed by atoms with Gasteiger partial charge in [-0.05, 0) is 61.9 Å². The largest absolute Gasteiger partial charge is 0.207 e. The zero-order valence-electron chi connectivity index (χ0n) is 15.1. The summed E-state index contributed by atoms with van der Waals surface area (Å²) in [6.45, 7) is 3.10. The molecule has 0 radical (unpaired) electrons. The molecule has 4 heteroatoms. The van der Waals surface area contributed by atoms with Crippen LogP contribution in [0.1, 0.15) is 33.4 Å². The Bertz CT molecular complexity index is 1160. The zero-order valence-corrected chi connectivity index (χ0v) is 15.1. The number of hydrogen-bond acceptors (Lipinski definition) is 0. The fraction of sp³-hybridized carbons (Fsp3) is 0.0833. The maximum Gasteiger partial charge on any atom is 0.140 e. The molecular weight excluding hydrogens is 364 g/mol. The monoisotopic (exact) mass is 378 g/mol. The second-order valence-electron chi connectivity index (χ2n) is 6.24. The van der Waals surface area contributed by atoms with Gasteiger partial charge in [0.2, 0.25) is 0 Å². The molecular formula is C24H14F4. The second kappa shape index (κ2) is 8.03. The second-order valence-corrected chi connectivity index (χ2v) is 6.24. The predicted octanol–water partition coefficient (Wildman–Crippen LogP) is 5.66. The van der Waals surface area contributed by atoms with E-state index in [1.807, 2.05) is 0 Å². The number of aryl methyl sites for hydroxylation is 1. The molecule has 0 unspecified atom stereocenters. The Hall–Kier alpha value is -3.50. The minimum absolute atomic E-state index is 0.0634. The van der Waals surface area contributed by atoms with Crippen LogP contribution < -0.4 is 0 Å². The average Bonchev–Trinajstić information content (AvgIpc) is 2.64. The highest BCUT2D eigenvalue weighted by Crippen LogP contribution is 2.15. The van der Waals surface area contributed by atoms with Crippen LogP contribution in [-0.2, 0) is 0 Å². The van der Waals surface area contributed by atoms with Crippen LogP contribution >= 0.6 is 0 Å². The minimum Gasteiger partial charge on any atom is -0.207 e. The van der Waals surface area contributed by atoms with Gasteiger partial charge in [0.25, 0.3) is 0 Å². The van der Waals surface area contributed by atoms with E-state index in [-0.39, 0.29) is 22.3 Å². The van der Waals surface area contributed by atoms with Gasteiger partial charge >= 0.3 is 0 Å². The Kier molecular flexibility index (Phi) is 5.52. The molecule has 0 bridgehead atoms. The Morgan fingerprint density at radius 1 is 0.536 bits per heavy atom. The van der Waals surface area contributed by atoms with Crippen LogP contribution in [-0.4, -0.2) is 0 Å². The summed E-state index contributed by atoms with van der Waals surface area (Å²) in [7, 11) is 0. The topological polar surface area (TPSA) is 0 Å². The van der Waals surface area contributed by atoms with Crippen molar-refractivity contribution in [3.8, 4) is 23.7 Å². The molecule has 0 N–H and O–H groups in total. The van der Waals surface area contributed by atoms with Crippen LogP contribution in [0, 0.1) is 60.8 Å². The molecule has 28 heavy (non-hydrogen) atoms. The summed E-state index contributed by atoms with van der Waals surface area (Å²) in [5.74, 6) is 7.99. The Morgan fingerprint density at radius 3 is 1.61 bits per heavy atom. The Balaban J connectivity index is 1.85. The summed E-state index contributed by atoms with van der Waals surface area (Å²) in [4.78, 5) is 0. The van der Waals surface area contributed by atoms with E-state index in [4.69, 9.17) is 0 Å². The third-order valence-electron chi connectivity index (χ3n) is 4.06. The van der Waals surface area contributed by atoms with Gasteiger partial charge in [-0.25, -0.2) is 17.6 Å². The Morgan fingerprint density at radius 2 is 1.04 bits per heavy atom. The standard InChI is InChI=1S/C24H14F4/c1-15-3-7-19(23(27)11-15)8-4-17-5-9-20(24(28)12-17)10-6-18-13-21(25)16(2)22(26)14-18/h3,5,7,9,11-14H,1-2H3. The van der Waals surface area contributed by atoms with Gasteiger partial charge in [-0.1, -0.05) is 29.7 Å². The highest BCUT2D eigenvalue weighted by Gasteiger charge is 2.06. The third-order valence-corrected chi connectivity index (χ3v) is 4.06. The van der Waals surface area contributed by atoms with Crippen LogP contribution in [0.15, 0.2) is 48.5 Å². The van der Waals surface area contributed by atoms with E-state index in [1.54, 1.807) is 25.1 Å². The molecule has 0 aliphatic carbocycles. The molecule has 0 aromatic heterocycles. The predicted molar refractivity (Wildman–Crippen MR) is 101 cm³/mol. The lowest BCUT2D eigenvalue weighted by Crippen LogP contribution is -1.91. The summed E-state index contributed by atoms with van der Waals surface area (Å²) in [5.41, 5.74) is 1.44. The van der Waals surface area contributed by atoms with Gasteiger partial charge in [-0.2, -0.15) is 0 Å². The summed E-state index contributed by atoms with van der Waals surface area (Å²) in [5, 5.41) is 0. The molecule has 0 heterocycles. The van der Waals surface area contributed by atoms with Gasteiger partial charge in [0.05, 0.1) is 11.1 Å². The number of halogens is 4.